The Labute approximate surface area is 172 Å². The number of nitrogens with two attached hydrogens (primary N) is 1. The number of rotatable bonds is 5. The minimum Gasteiger partial charge on any atom is -0.349 e. The molecule has 0 saturated heterocycles. The Balaban J connectivity index is 1.40. The van der Waals surface area contributed by atoms with Gasteiger partial charge < -0.3 is 11.2 Å². The SMILES string of the molecule is Nn1c(SCC(=O)NC2CCCc3ccccc32)nnc1-c1cccc(Cl)c1. The van der Waals surface area contributed by atoms with Crippen LogP contribution in [0.5, 0.6) is 0 Å². The number of carbonyl (C=O) groups excluding carboxylic acids is 1. The summed E-state index contributed by atoms with van der Waals surface area (Å²) in [5.41, 5.74) is 3.31. The highest BCUT2D eigenvalue weighted by Gasteiger charge is 2.22. The molecule has 1 aliphatic carbocycles. The predicted octanol–water partition coefficient (Wildman–Crippen LogP) is 3.60. The summed E-state index contributed by atoms with van der Waals surface area (Å²) in [7, 11) is 0. The molecular formula is C20H20ClN5OS. The summed E-state index contributed by atoms with van der Waals surface area (Å²) in [6, 6.07) is 15.6. The number of hydrogen-bond acceptors (Lipinski definition) is 5. The molecule has 8 heteroatoms. The lowest BCUT2D eigenvalue weighted by atomic mass is 9.88. The number of hydrogen-bond donors (Lipinski definition) is 2. The number of carbonyl (C=O) groups is 1. The van der Waals surface area contributed by atoms with E-state index in [2.05, 4.69) is 27.6 Å². The van der Waals surface area contributed by atoms with Crippen LogP contribution in [-0.4, -0.2) is 26.5 Å². The van der Waals surface area contributed by atoms with Crippen LogP contribution in [0.15, 0.2) is 53.7 Å². The lowest BCUT2D eigenvalue weighted by Gasteiger charge is -2.26. The van der Waals surface area contributed by atoms with Crippen molar-refractivity contribution in [2.24, 2.45) is 0 Å². The zero-order chi connectivity index (χ0) is 19.5. The van der Waals surface area contributed by atoms with Crippen LogP contribution in [0, 0.1) is 0 Å². The summed E-state index contributed by atoms with van der Waals surface area (Å²) in [4.78, 5) is 12.5. The molecule has 0 fully saturated rings. The molecule has 4 rings (SSSR count). The fourth-order valence-electron chi connectivity index (χ4n) is 3.47. The second-order valence-electron chi connectivity index (χ2n) is 6.69. The predicted molar refractivity (Wildman–Crippen MR) is 112 cm³/mol. The molecule has 1 unspecified atom stereocenters. The first-order valence-corrected chi connectivity index (χ1v) is 10.4. The van der Waals surface area contributed by atoms with Crippen LogP contribution < -0.4 is 11.2 Å². The molecule has 1 heterocycles. The number of nitrogens with zero attached hydrogens (tertiary/aromatic N) is 3. The number of nitrogens with one attached hydrogen (secondary N) is 1. The zero-order valence-electron chi connectivity index (χ0n) is 15.1. The molecule has 144 valence electrons. The van der Waals surface area contributed by atoms with Gasteiger partial charge in [0.1, 0.15) is 0 Å². The first kappa shape index (κ1) is 18.8. The van der Waals surface area contributed by atoms with Crippen molar-refractivity contribution < 1.29 is 4.79 Å². The molecule has 1 amide bonds. The van der Waals surface area contributed by atoms with Crippen molar-refractivity contribution in [3.05, 3.63) is 64.7 Å². The molecule has 2 aromatic carbocycles. The minimum absolute atomic E-state index is 0.0426. The Bertz CT molecular complexity index is 1010. The smallest absolute Gasteiger partial charge is 0.230 e. The molecule has 0 radical (unpaired) electrons. The highest BCUT2D eigenvalue weighted by molar-refractivity contribution is 7.99. The van der Waals surface area contributed by atoms with E-state index >= 15 is 0 Å². The molecule has 0 aliphatic heterocycles. The normalized spacial score (nSPS) is 15.8. The maximum Gasteiger partial charge on any atom is 0.230 e. The van der Waals surface area contributed by atoms with Gasteiger partial charge in [-0.3, -0.25) is 4.79 Å². The Kier molecular flexibility index (Phi) is 5.54. The Morgan fingerprint density at radius 2 is 2.11 bits per heavy atom. The van der Waals surface area contributed by atoms with Crippen molar-refractivity contribution in [2.75, 3.05) is 11.6 Å². The monoisotopic (exact) mass is 413 g/mol. The maximum atomic E-state index is 12.5. The van der Waals surface area contributed by atoms with Gasteiger partial charge in [-0.25, -0.2) is 4.68 Å². The lowest BCUT2D eigenvalue weighted by Crippen LogP contribution is -2.32. The number of aromatic nitrogens is 3. The van der Waals surface area contributed by atoms with Gasteiger partial charge in [-0.05, 0) is 42.5 Å². The number of aryl methyl sites for hydroxylation is 1. The molecule has 0 spiro atoms. The maximum absolute atomic E-state index is 12.5. The summed E-state index contributed by atoms with van der Waals surface area (Å²) in [5, 5.41) is 12.4. The fraction of sp³-hybridized carbons (Fsp3) is 0.250. The van der Waals surface area contributed by atoms with Gasteiger partial charge in [-0.2, -0.15) is 0 Å². The van der Waals surface area contributed by atoms with Crippen molar-refractivity contribution >= 4 is 29.3 Å². The van der Waals surface area contributed by atoms with E-state index in [1.54, 1.807) is 12.1 Å². The van der Waals surface area contributed by atoms with E-state index in [0.29, 0.717) is 16.0 Å². The van der Waals surface area contributed by atoms with Gasteiger partial charge in [0.2, 0.25) is 11.1 Å². The van der Waals surface area contributed by atoms with E-state index in [1.807, 2.05) is 24.3 Å². The number of thioether (sulfide) groups is 1. The van der Waals surface area contributed by atoms with Gasteiger partial charge in [-0.1, -0.05) is 59.8 Å². The number of amides is 1. The largest absolute Gasteiger partial charge is 0.349 e. The fourth-order valence-corrected chi connectivity index (χ4v) is 4.33. The second-order valence-corrected chi connectivity index (χ2v) is 8.07. The molecule has 1 atom stereocenters. The van der Waals surface area contributed by atoms with E-state index in [0.717, 1.165) is 24.8 Å². The first-order chi connectivity index (χ1) is 13.6. The molecule has 1 aliphatic rings. The van der Waals surface area contributed by atoms with Crippen LogP contribution >= 0.6 is 23.4 Å². The van der Waals surface area contributed by atoms with Crippen molar-refractivity contribution in [1.82, 2.24) is 20.2 Å². The molecule has 1 aromatic heterocycles. The first-order valence-electron chi connectivity index (χ1n) is 9.08. The standard InChI is InChI=1S/C20H20ClN5OS/c21-15-8-3-7-14(11-15)19-24-25-20(26(19)22)28-12-18(27)23-17-10-4-6-13-5-1-2-9-16(13)17/h1-3,5,7-9,11,17H,4,6,10,12,22H2,(H,23,27). The number of benzene rings is 2. The molecular weight excluding hydrogens is 394 g/mol. The van der Waals surface area contributed by atoms with Gasteiger partial charge in [-0.15, -0.1) is 10.2 Å². The van der Waals surface area contributed by atoms with Crippen LogP contribution in [0.4, 0.5) is 0 Å². The van der Waals surface area contributed by atoms with Gasteiger partial charge >= 0.3 is 0 Å². The van der Waals surface area contributed by atoms with E-state index in [4.69, 9.17) is 17.4 Å². The average Bonchev–Trinajstić information content (AvgIpc) is 3.07. The molecule has 3 aromatic rings. The van der Waals surface area contributed by atoms with Gasteiger partial charge in [0.25, 0.3) is 0 Å². The van der Waals surface area contributed by atoms with E-state index < -0.39 is 0 Å². The van der Waals surface area contributed by atoms with Crippen molar-refractivity contribution in [2.45, 2.75) is 30.5 Å². The topological polar surface area (TPSA) is 85.8 Å². The van der Waals surface area contributed by atoms with Crippen molar-refractivity contribution in [3.63, 3.8) is 0 Å². The van der Waals surface area contributed by atoms with E-state index in [1.165, 1.54) is 27.6 Å². The Morgan fingerprint density at radius 3 is 2.96 bits per heavy atom. The third-order valence-electron chi connectivity index (χ3n) is 4.78. The van der Waals surface area contributed by atoms with Crippen LogP contribution in [-0.2, 0) is 11.2 Å². The summed E-state index contributed by atoms with van der Waals surface area (Å²) < 4.78 is 1.39. The van der Waals surface area contributed by atoms with Crippen molar-refractivity contribution in [3.8, 4) is 11.4 Å². The zero-order valence-corrected chi connectivity index (χ0v) is 16.7. The van der Waals surface area contributed by atoms with Gasteiger partial charge in [0.15, 0.2) is 5.82 Å². The number of halogens is 1. The van der Waals surface area contributed by atoms with Crippen LogP contribution in [0.25, 0.3) is 11.4 Å². The molecule has 3 N–H and O–H groups in total. The quantitative estimate of drug-likeness (QED) is 0.493. The number of fused-ring (bicyclic) bond motifs is 1. The molecule has 0 saturated carbocycles. The summed E-state index contributed by atoms with van der Waals surface area (Å²) in [6.45, 7) is 0. The molecule has 6 nitrogen and oxygen atoms in total. The summed E-state index contributed by atoms with van der Waals surface area (Å²) >= 11 is 7.29. The average molecular weight is 414 g/mol. The molecule has 28 heavy (non-hydrogen) atoms. The second kappa shape index (κ2) is 8.24. The third-order valence-corrected chi connectivity index (χ3v) is 5.96. The summed E-state index contributed by atoms with van der Waals surface area (Å²) in [5.74, 6) is 6.80. The highest BCUT2D eigenvalue weighted by atomic mass is 35.5. The van der Waals surface area contributed by atoms with Gasteiger partial charge in [0, 0.05) is 10.6 Å². The van der Waals surface area contributed by atoms with Crippen LogP contribution in [0.2, 0.25) is 5.02 Å². The van der Waals surface area contributed by atoms with Crippen molar-refractivity contribution in [1.29, 1.82) is 0 Å². The molecule has 0 bridgehead atoms. The van der Waals surface area contributed by atoms with Crippen LogP contribution in [0.1, 0.15) is 30.0 Å². The minimum atomic E-state index is -0.0426. The van der Waals surface area contributed by atoms with Gasteiger partial charge in [0.05, 0.1) is 11.8 Å². The summed E-state index contributed by atoms with van der Waals surface area (Å²) in [6.07, 6.45) is 3.11. The van der Waals surface area contributed by atoms with Crippen LogP contribution in [0.3, 0.4) is 0 Å². The third kappa shape index (κ3) is 4.00. The Morgan fingerprint density at radius 1 is 1.25 bits per heavy atom. The highest BCUT2D eigenvalue weighted by Crippen LogP contribution is 2.30. The lowest BCUT2D eigenvalue weighted by molar-refractivity contribution is -0.119. The number of nitrogen functional groups attached to an aromatic ring is 1. The van der Waals surface area contributed by atoms with E-state index in [9.17, 15) is 4.79 Å². The van der Waals surface area contributed by atoms with E-state index in [-0.39, 0.29) is 17.7 Å². The Hall–Kier alpha value is -2.51.